The molecule has 0 radical (unpaired) electrons. The van der Waals surface area contributed by atoms with Gasteiger partial charge in [0.2, 0.25) is 5.91 Å². The highest BCUT2D eigenvalue weighted by Gasteiger charge is 2.24. The minimum absolute atomic E-state index is 0.0625. The maximum atomic E-state index is 12.3. The predicted octanol–water partition coefficient (Wildman–Crippen LogP) is 2.92. The van der Waals surface area contributed by atoms with E-state index in [-0.39, 0.29) is 24.4 Å². The van der Waals surface area contributed by atoms with E-state index in [0.717, 1.165) is 31.8 Å². The maximum Gasteiger partial charge on any atom is 0.254 e. The molecular weight excluding hydrogens is 338 g/mol. The van der Waals surface area contributed by atoms with Gasteiger partial charge in [-0.05, 0) is 43.7 Å². The van der Waals surface area contributed by atoms with E-state index < -0.39 is 0 Å². The molecule has 0 unspecified atom stereocenters. The minimum Gasteiger partial charge on any atom is -0.352 e. The Morgan fingerprint density at radius 3 is 2.37 bits per heavy atom. The molecule has 0 atom stereocenters. The second-order valence-electron chi connectivity index (χ2n) is 8.17. The van der Waals surface area contributed by atoms with Crippen LogP contribution in [0.25, 0.3) is 0 Å². The number of amides is 2. The van der Waals surface area contributed by atoms with Crippen LogP contribution in [0, 0.1) is 5.92 Å². The quantitative estimate of drug-likeness (QED) is 0.836. The predicted molar refractivity (Wildman–Crippen MR) is 108 cm³/mol. The summed E-state index contributed by atoms with van der Waals surface area (Å²) in [6.45, 7) is 3.48. The zero-order chi connectivity index (χ0) is 19.1. The highest BCUT2D eigenvalue weighted by Crippen LogP contribution is 2.25. The van der Waals surface area contributed by atoms with E-state index in [1.165, 1.54) is 43.5 Å². The lowest BCUT2D eigenvalue weighted by atomic mass is 9.88. The van der Waals surface area contributed by atoms with Gasteiger partial charge in [0.1, 0.15) is 0 Å². The number of benzene rings is 1. The van der Waals surface area contributed by atoms with Crippen LogP contribution in [0.4, 0.5) is 0 Å². The number of likely N-dealkylation sites (tertiary alicyclic amines) is 1. The van der Waals surface area contributed by atoms with Crippen molar-refractivity contribution in [3.63, 3.8) is 0 Å². The van der Waals surface area contributed by atoms with Crippen LogP contribution in [0.15, 0.2) is 30.3 Å². The number of carbonyl (C=O) groups is 2. The summed E-state index contributed by atoms with van der Waals surface area (Å²) in [5.74, 6) is 0.697. The summed E-state index contributed by atoms with van der Waals surface area (Å²) in [4.78, 5) is 28.7. The third-order valence-corrected chi connectivity index (χ3v) is 5.94. The van der Waals surface area contributed by atoms with Crippen LogP contribution < -0.4 is 5.32 Å². The molecule has 0 aromatic heterocycles. The summed E-state index contributed by atoms with van der Waals surface area (Å²) >= 11 is 0. The van der Waals surface area contributed by atoms with Crippen LogP contribution >= 0.6 is 0 Å². The van der Waals surface area contributed by atoms with Crippen LogP contribution in [0.1, 0.15) is 55.3 Å². The number of nitrogens with one attached hydrogen (secondary N) is 1. The molecule has 5 heteroatoms. The standard InChI is InChI=1S/C22H33N3O2/c1-24(22(27)19-10-6-3-7-11-19)17-21(26)23-20-12-14-25(15-13-20)16-18-8-4-2-5-9-18/h3,6-7,10-11,18,20H,2,4-5,8-9,12-17H2,1H3,(H,23,26). The third kappa shape index (κ3) is 6.06. The van der Waals surface area contributed by atoms with Crippen LogP contribution in [0.2, 0.25) is 0 Å². The van der Waals surface area contributed by atoms with Gasteiger partial charge in [-0.15, -0.1) is 0 Å². The van der Waals surface area contributed by atoms with Gasteiger partial charge in [0, 0.05) is 38.3 Å². The Hall–Kier alpha value is -1.88. The lowest BCUT2D eigenvalue weighted by Gasteiger charge is -2.35. The van der Waals surface area contributed by atoms with Gasteiger partial charge in [0.25, 0.3) is 5.91 Å². The Morgan fingerprint density at radius 1 is 1.04 bits per heavy atom. The topological polar surface area (TPSA) is 52.7 Å². The van der Waals surface area contributed by atoms with Gasteiger partial charge in [0.15, 0.2) is 0 Å². The SMILES string of the molecule is CN(CC(=O)NC1CCN(CC2CCCCC2)CC1)C(=O)c1ccccc1. The van der Waals surface area contributed by atoms with Gasteiger partial charge in [-0.1, -0.05) is 37.5 Å². The smallest absolute Gasteiger partial charge is 0.254 e. The maximum absolute atomic E-state index is 12.3. The third-order valence-electron chi connectivity index (χ3n) is 5.94. The molecule has 1 heterocycles. The fourth-order valence-electron chi connectivity index (χ4n) is 4.36. The molecular formula is C22H33N3O2. The van der Waals surface area contributed by atoms with E-state index >= 15 is 0 Å². The first kappa shape index (κ1) is 19.9. The number of hydrogen-bond donors (Lipinski definition) is 1. The molecule has 1 N–H and O–H groups in total. The number of likely N-dealkylation sites (N-methyl/N-ethyl adjacent to an activating group) is 1. The fraction of sp³-hybridized carbons (Fsp3) is 0.636. The van der Waals surface area contributed by atoms with Gasteiger partial charge < -0.3 is 15.1 Å². The summed E-state index contributed by atoms with van der Waals surface area (Å²) in [6.07, 6.45) is 8.99. The van der Waals surface area contributed by atoms with Gasteiger partial charge >= 0.3 is 0 Å². The summed E-state index contributed by atoms with van der Waals surface area (Å²) in [5, 5.41) is 3.12. The summed E-state index contributed by atoms with van der Waals surface area (Å²) in [6, 6.07) is 9.34. The summed E-state index contributed by atoms with van der Waals surface area (Å²) < 4.78 is 0. The fourth-order valence-corrected chi connectivity index (χ4v) is 4.36. The van der Waals surface area contributed by atoms with Crippen molar-refractivity contribution in [3.8, 4) is 0 Å². The highest BCUT2D eigenvalue weighted by molar-refractivity contribution is 5.96. The first-order chi connectivity index (χ1) is 13.1. The molecule has 5 nitrogen and oxygen atoms in total. The van der Waals surface area contributed by atoms with E-state index in [1.807, 2.05) is 18.2 Å². The van der Waals surface area contributed by atoms with Crippen molar-refractivity contribution in [1.29, 1.82) is 0 Å². The monoisotopic (exact) mass is 371 g/mol. The molecule has 1 aliphatic carbocycles. The second kappa shape index (κ2) is 9.88. The van der Waals surface area contributed by atoms with Crippen molar-refractivity contribution < 1.29 is 9.59 Å². The summed E-state index contributed by atoms with van der Waals surface area (Å²) in [7, 11) is 1.68. The van der Waals surface area contributed by atoms with Gasteiger partial charge in [-0.3, -0.25) is 9.59 Å². The van der Waals surface area contributed by atoms with Gasteiger partial charge in [-0.25, -0.2) is 0 Å². The highest BCUT2D eigenvalue weighted by atomic mass is 16.2. The second-order valence-corrected chi connectivity index (χ2v) is 8.17. The molecule has 2 aliphatic rings. The van der Waals surface area contributed by atoms with Gasteiger partial charge in [0.05, 0.1) is 6.54 Å². The van der Waals surface area contributed by atoms with Crippen molar-refractivity contribution in [2.45, 2.75) is 51.0 Å². The normalized spacial score (nSPS) is 19.6. The average molecular weight is 372 g/mol. The Labute approximate surface area is 163 Å². The van der Waals surface area contributed by atoms with E-state index in [9.17, 15) is 9.59 Å². The Bertz CT molecular complexity index is 605. The molecule has 0 bridgehead atoms. The van der Waals surface area contributed by atoms with Crippen LogP contribution in [0.3, 0.4) is 0 Å². The molecule has 2 amide bonds. The van der Waals surface area contributed by atoms with E-state index in [1.54, 1.807) is 19.2 Å². The summed E-state index contributed by atoms with van der Waals surface area (Å²) in [5.41, 5.74) is 0.615. The molecule has 1 aliphatic heterocycles. The van der Waals surface area contributed by atoms with E-state index in [2.05, 4.69) is 10.2 Å². The average Bonchev–Trinajstić information content (AvgIpc) is 2.70. The van der Waals surface area contributed by atoms with Crippen LogP contribution in [0.5, 0.6) is 0 Å². The van der Waals surface area contributed by atoms with Crippen molar-refractivity contribution in [1.82, 2.24) is 15.1 Å². The molecule has 2 fully saturated rings. The number of rotatable bonds is 6. The van der Waals surface area contributed by atoms with E-state index in [4.69, 9.17) is 0 Å². The zero-order valence-corrected chi connectivity index (χ0v) is 16.5. The number of nitrogens with zero attached hydrogens (tertiary/aromatic N) is 2. The first-order valence-electron chi connectivity index (χ1n) is 10.4. The molecule has 1 aromatic carbocycles. The van der Waals surface area contributed by atoms with E-state index in [0.29, 0.717) is 5.56 Å². The van der Waals surface area contributed by atoms with Crippen molar-refractivity contribution in [2.75, 3.05) is 33.2 Å². The van der Waals surface area contributed by atoms with Crippen LogP contribution in [-0.4, -0.2) is 60.9 Å². The largest absolute Gasteiger partial charge is 0.352 e. The van der Waals surface area contributed by atoms with Crippen molar-refractivity contribution in [3.05, 3.63) is 35.9 Å². The van der Waals surface area contributed by atoms with Crippen molar-refractivity contribution >= 4 is 11.8 Å². The molecule has 27 heavy (non-hydrogen) atoms. The number of piperidine rings is 1. The molecule has 1 saturated heterocycles. The Kier molecular flexibility index (Phi) is 7.27. The van der Waals surface area contributed by atoms with Crippen LogP contribution in [-0.2, 0) is 4.79 Å². The number of carbonyl (C=O) groups excluding carboxylic acids is 2. The molecule has 1 aromatic rings. The Balaban J connectivity index is 1.37. The number of hydrogen-bond acceptors (Lipinski definition) is 3. The van der Waals surface area contributed by atoms with Gasteiger partial charge in [-0.2, -0.15) is 0 Å². The molecule has 1 saturated carbocycles. The lowest BCUT2D eigenvalue weighted by Crippen LogP contribution is -2.48. The zero-order valence-electron chi connectivity index (χ0n) is 16.5. The van der Waals surface area contributed by atoms with Crippen molar-refractivity contribution in [2.24, 2.45) is 5.92 Å². The minimum atomic E-state index is -0.118. The molecule has 148 valence electrons. The lowest BCUT2D eigenvalue weighted by molar-refractivity contribution is -0.122. The Morgan fingerprint density at radius 2 is 1.70 bits per heavy atom. The first-order valence-corrected chi connectivity index (χ1v) is 10.4. The molecule has 0 spiro atoms. The molecule has 3 rings (SSSR count).